The third-order valence-electron chi connectivity index (χ3n) is 4.25. The Balaban J connectivity index is 1.54. The van der Waals surface area contributed by atoms with Crippen LogP contribution in [0.25, 0.3) is 10.9 Å². The predicted molar refractivity (Wildman–Crippen MR) is 110 cm³/mol. The molecule has 28 heavy (non-hydrogen) atoms. The van der Waals surface area contributed by atoms with Gasteiger partial charge in [0.15, 0.2) is 0 Å². The number of ether oxygens (including phenoxy) is 1. The minimum atomic E-state index is -0.295. The van der Waals surface area contributed by atoms with E-state index in [2.05, 4.69) is 20.6 Å². The Bertz CT molecular complexity index is 1120. The lowest BCUT2D eigenvalue weighted by Gasteiger charge is -2.10. The molecule has 1 amide bonds. The fourth-order valence-electron chi connectivity index (χ4n) is 2.86. The number of methoxy groups -OCH3 is 1. The highest BCUT2D eigenvalue weighted by molar-refractivity contribution is 6.07. The van der Waals surface area contributed by atoms with Crippen molar-refractivity contribution in [1.82, 2.24) is 9.97 Å². The number of carbonyl (C=O) groups is 1. The summed E-state index contributed by atoms with van der Waals surface area (Å²) in [6.07, 6.45) is 3.30. The highest BCUT2D eigenvalue weighted by Gasteiger charge is 2.11. The lowest BCUT2D eigenvalue weighted by atomic mass is 10.2. The van der Waals surface area contributed by atoms with E-state index in [9.17, 15) is 4.79 Å². The molecular weight excluding hydrogens is 352 g/mol. The van der Waals surface area contributed by atoms with E-state index in [1.165, 1.54) is 0 Å². The van der Waals surface area contributed by atoms with Crippen molar-refractivity contribution in [3.63, 3.8) is 0 Å². The standard InChI is InChI=1S/C22H18N4O2/c1-28-18-9-7-16(8-10-18)25-17-11-13-23-20(14-17)22(27)26-19-6-2-4-15-5-3-12-24-21(15)19/h2-14H,1H3,(H,23,25)(H,26,27). The SMILES string of the molecule is COc1ccc(Nc2ccnc(C(=O)Nc3cccc4cccnc34)c2)cc1. The van der Waals surface area contributed by atoms with Gasteiger partial charge in [-0.1, -0.05) is 18.2 Å². The van der Waals surface area contributed by atoms with Crippen LogP contribution in [0.3, 0.4) is 0 Å². The molecule has 0 saturated heterocycles. The molecule has 138 valence electrons. The number of rotatable bonds is 5. The zero-order chi connectivity index (χ0) is 19.3. The van der Waals surface area contributed by atoms with E-state index in [0.717, 1.165) is 28.0 Å². The quantitative estimate of drug-likeness (QED) is 0.535. The number of anilines is 3. The van der Waals surface area contributed by atoms with Gasteiger partial charge in [-0.2, -0.15) is 0 Å². The normalized spacial score (nSPS) is 10.5. The van der Waals surface area contributed by atoms with Crippen LogP contribution < -0.4 is 15.4 Å². The Morgan fingerprint density at radius 3 is 2.54 bits per heavy atom. The average Bonchev–Trinajstić information content (AvgIpc) is 2.75. The summed E-state index contributed by atoms with van der Waals surface area (Å²) >= 11 is 0. The lowest BCUT2D eigenvalue weighted by molar-refractivity contribution is 0.102. The highest BCUT2D eigenvalue weighted by atomic mass is 16.5. The molecule has 0 atom stereocenters. The van der Waals surface area contributed by atoms with Crippen molar-refractivity contribution in [2.45, 2.75) is 0 Å². The van der Waals surface area contributed by atoms with E-state index in [1.54, 1.807) is 31.6 Å². The maximum absolute atomic E-state index is 12.7. The molecule has 2 heterocycles. The molecule has 0 saturated carbocycles. The molecule has 0 aliphatic carbocycles. The summed E-state index contributed by atoms with van der Waals surface area (Å²) in [5.41, 5.74) is 3.36. The second-order valence-corrected chi connectivity index (χ2v) is 6.12. The smallest absolute Gasteiger partial charge is 0.274 e. The number of carbonyl (C=O) groups excluding carboxylic acids is 1. The molecule has 2 aromatic heterocycles. The van der Waals surface area contributed by atoms with Gasteiger partial charge < -0.3 is 15.4 Å². The first-order chi connectivity index (χ1) is 13.7. The number of amides is 1. The Kier molecular flexibility index (Phi) is 4.84. The van der Waals surface area contributed by atoms with E-state index >= 15 is 0 Å². The zero-order valence-electron chi connectivity index (χ0n) is 15.2. The number of benzene rings is 2. The van der Waals surface area contributed by atoms with Gasteiger partial charge in [0.1, 0.15) is 11.4 Å². The van der Waals surface area contributed by atoms with E-state index in [-0.39, 0.29) is 5.91 Å². The fraction of sp³-hybridized carbons (Fsp3) is 0.0455. The van der Waals surface area contributed by atoms with Crippen molar-refractivity contribution in [2.24, 2.45) is 0 Å². The van der Waals surface area contributed by atoms with Gasteiger partial charge in [0, 0.05) is 29.2 Å². The van der Waals surface area contributed by atoms with Crippen LogP contribution >= 0.6 is 0 Å². The van der Waals surface area contributed by atoms with Crippen LogP contribution in [0.2, 0.25) is 0 Å². The number of hydrogen-bond donors (Lipinski definition) is 2. The number of nitrogens with zero attached hydrogens (tertiary/aromatic N) is 2. The Hall–Kier alpha value is -3.93. The number of aromatic nitrogens is 2. The largest absolute Gasteiger partial charge is 0.497 e. The summed E-state index contributed by atoms with van der Waals surface area (Å²) in [5.74, 6) is 0.487. The second-order valence-electron chi connectivity index (χ2n) is 6.12. The van der Waals surface area contributed by atoms with Crippen molar-refractivity contribution >= 4 is 33.9 Å². The van der Waals surface area contributed by atoms with Crippen LogP contribution in [0.5, 0.6) is 5.75 Å². The van der Waals surface area contributed by atoms with Crippen molar-refractivity contribution in [1.29, 1.82) is 0 Å². The van der Waals surface area contributed by atoms with Gasteiger partial charge >= 0.3 is 0 Å². The number of nitrogens with one attached hydrogen (secondary N) is 2. The second kappa shape index (κ2) is 7.75. The van der Waals surface area contributed by atoms with Gasteiger partial charge in [-0.05, 0) is 48.5 Å². The van der Waals surface area contributed by atoms with Gasteiger partial charge in [-0.3, -0.25) is 14.8 Å². The molecule has 0 bridgehead atoms. The molecule has 0 spiro atoms. The molecule has 4 aromatic rings. The number of hydrogen-bond acceptors (Lipinski definition) is 5. The summed E-state index contributed by atoms with van der Waals surface area (Å²) in [7, 11) is 1.63. The minimum Gasteiger partial charge on any atom is -0.497 e. The van der Waals surface area contributed by atoms with Crippen LogP contribution in [0.4, 0.5) is 17.1 Å². The van der Waals surface area contributed by atoms with Crippen LogP contribution in [0.1, 0.15) is 10.5 Å². The molecule has 2 N–H and O–H groups in total. The monoisotopic (exact) mass is 370 g/mol. The number of fused-ring (bicyclic) bond motifs is 1. The maximum Gasteiger partial charge on any atom is 0.274 e. The van der Waals surface area contributed by atoms with Crippen molar-refractivity contribution in [3.8, 4) is 5.75 Å². The maximum atomic E-state index is 12.7. The molecule has 0 aliphatic rings. The van der Waals surface area contributed by atoms with Crippen LogP contribution in [-0.4, -0.2) is 23.0 Å². The third-order valence-corrected chi connectivity index (χ3v) is 4.25. The third kappa shape index (κ3) is 3.76. The van der Waals surface area contributed by atoms with Crippen LogP contribution in [0.15, 0.2) is 79.1 Å². The summed E-state index contributed by atoms with van der Waals surface area (Å²) in [6.45, 7) is 0. The van der Waals surface area contributed by atoms with Crippen molar-refractivity contribution < 1.29 is 9.53 Å². The fourth-order valence-corrected chi connectivity index (χ4v) is 2.86. The molecular formula is C22H18N4O2. The van der Waals surface area contributed by atoms with Gasteiger partial charge in [-0.25, -0.2) is 0 Å². The Morgan fingerprint density at radius 2 is 1.71 bits per heavy atom. The van der Waals surface area contributed by atoms with E-state index in [1.807, 2.05) is 54.6 Å². The highest BCUT2D eigenvalue weighted by Crippen LogP contribution is 2.23. The van der Waals surface area contributed by atoms with E-state index < -0.39 is 0 Å². The molecule has 6 nitrogen and oxygen atoms in total. The summed E-state index contributed by atoms with van der Waals surface area (Å²) in [4.78, 5) is 21.3. The molecule has 0 aliphatic heterocycles. The first-order valence-electron chi connectivity index (χ1n) is 8.75. The Morgan fingerprint density at radius 1 is 0.893 bits per heavy atom. The zero-order valence-corrected chi connectivity index (χ0v) is 15.2. The van der Waals surface area contributed by atoms with E-state index in [0.29, 0.717) is 11.4 Å². The number of pyridine rings is 2. The molecule has 6 heteroatoms. The minimum absolute atomic E-state index is 0.295. The average molecular weight is 370 g/mol. The van der Waals surface area contributed by atoms with Gasteiger partial charge in [-0.15, -0.1) is 0 Å². The topological polar surface area (TPSA) is 76.1 Å². The molecule has 0 unspecified atom stereocenters. The van der Waals surface area contributed by atoms with Gasteiger partial charge in [0.2, 0.25) is 0 Å². The van der Waals surface area contributed by atoms with Crippen molar-refractivity contribution in [3.05, 3.63) is 84.8 Å². The number of para-hydroxylation sites is 1. The Labute approximate surface area is 162 Å². The molecule has 4 rings (SSSR count). The summed E-state index contributed by atoms with van der Waals surface area (Å²) in [6, 6.07) is 20.5. The van der Waals surface area contributed by atoms with Crippen LogP contribution in [-0.2, 0) is 0 Å². The lowest BCUT2D eigenvalue weighted by Crippen LogP contribution is -2.14. The van der Waals surface area contributed by atoms with Gasteiger partial charge in [0.25, 0.3) is 5.91 Å². The molecule has 0 fully saturated rings. The van der Waals surface area contributed by atoms with Gasteiger partial charge in [0.05, 0.1) is 18.3 Å². The predicted octanol–water partition coefficient (Wildman–Crippen LogP) is 4.63. The van der Waals surface area contributed by atoms with Crippen LogP contribution in [0, 0.1) is 0 Å². The first-order valence-corrected chi connectivity index (χ1v) is 8.75. The summed E-state index contributed by atoms with van der Waals surface area (Å²) < 4.78 is 5.16. The summed E-state index contributed by atoms with van der Waals surface area (Å²) in [5, 5.41) is 7.12. The molecule has 2 aromatic carbocycles. The first kappa shape index (κ1) is 17.5. The molecule has 0 radical (unpaired) electrons. The van der Waals surface area contributed by atoms with E-state index in [4.69, 9.17) is 4.74 Å². The van der Waals surface area contributed by atoms with Crippen molar-refractivity contribution in [2.75, 3.05) is 17.7 Å².